The molecule has 3 N–H and O–H groups in total. The van der Waals surface area contributed by atoms with Crippen LogP contribution in [-0.4, -0.2) is 11.7 Å². The van der Waals surface area contributed by atoms with Gasteiger partial charge in [-0.25, -0.2) is 4.39 Å². The highest BCUT2D eigenvalue weighted by molar-refractivity contribution is 5.29. The van der Waals surface area contributed by atoms with Gasteiger partial charge in [-0.2, -0.15) is 0 Å². The number of halogens is 1. The van der Waals surface area contributed by atoms with Gasteiger partial charge < -0.3 is 15.3 Å². The van der Waals surface area contributed by atoms with Crippen molar-refractivity contribution in [1.29, 1.82) is 0 Å². The van der Waals surface area contributed by atoms with Crippen LogP contribution in [0.3, 0.4) is 0 Å². The van der Waals surface area contributed by atoms with Gasteiger partial charge in [-0.3, -0.25) is 0 Å². The van der Waals surface area contributed by atoms with Crippen molar-refractivity contribution in [2.24, 2.45) is 5.73 Å². The number of furan rings is 1. The second-order valence-electron chi connectivity index (χ2n) is 4.24. The van der Waals surface area contributed by atoms with E-state index in [1.54, 1.807) is 31.2 Å². The summed E-state index contributed by atoms with van der Waals surface area (Å²) in [6.45, 7) is 1.92. The Hall–Kier alpha value is -1.65. The van der Waals surface area contributed by atoms with Gasteiger partial charge >= 0.3 is 0 Å². The first-order valence-electron chi connectivity index (χ1n) is 5.81. The topological polar surface area (TPSA) is 59.4 Å². The smallest absolute Gasteiger partial charge is 0.126 e. The van der Waals surface area contributed by atoms with Crippen LogP contribution in [0.15, 0.2) is 41.0 Å². The Bertz CT molecular complexity index is 524. The van der Waals surface area contributed by atoms with E-state index >= 15 is 0 Å². The number of hydrogen-bond acceptors (Lipinski definition) is 3. The van der Waals surface area contributed by atoms with Crippen LogP contribution in [0, 0.1) is 12.7 Å². The van der Waals surface area contributed by atoms with Gasteiger partial charge in [-0.1, -0.05) is 18.2 Å². The third kappa shape index (κ3) is 2.30. The quantitative estimate of drug-likeness (QED) is 0.875. The Kier molecular flexibility index (Phi) is 3.79. The van der Waals surface area contributed by atoms with Crippen molar-refractivity contribution in [2.75, 3.05) is 6.54 Å². The minimum Gasteiger partial charge on any atom is -0.469 e. The summed E-state index contributed by atoms with van der Waals surface area (Å²) in [6, 6.07) is 8.04. The lowest BCUT2D eigenvalue weighted by molar-refractivity contribution is 0.144. The van der Waals surface area contributed by atoms with E-state index in [4.69, 9.17) is 10.2 Å². The van der Waals surface area contributed by atoms with Crippen molar-refractivity contribution in [3.05, 3.63) is 59.3 Å². The molecule has 96 valence electrons. The van der Waals surface area contributed by atoms with Crippen LogP contribution in [0.2, 0.25) is 0 Å². The molecule has 2 unspecified atom stereocenters. The molecule has 1 heterocycles. The summed E-state index contributed by atoms with van der Waals surface area (Å²) in [5.74, 6) is -0.215. The molecule has 2 aromatic rings. The molecule has 0 aliphatic heterocycles. The molecule has 0 aliphatic rings. The van der Waals surface area contributed by atoms with E-state index in [9.17, 15) is 9.50 Å². The van der Waals surface area contributed by atoms with Crippen LogP contribution >= 0.6 is 0 Å². The summed E-state index contributed by atoms with van der Waals surface area (Å²) in [5, 5.41) is 10.3. The van der Waals surface area contributed by atoms with Crippen LogP contribution in [0.1, 0.15) is 28.9 Å². The minimum absolute atomic E-state index is 0.159. The first-order valence-corrected chi connectivity index (χ1v) is 5.81. The molecule has 4 heteroatoms. The van der Waals surface area contributed by atoms with Gasteiger partial charge in [0, 0.05) is 18.0 Å². The standard InChI is InChI=1S/C14H16FNO2/c1-9-10(6-7-18-9)14(17)12(8-16)11-4-2-3-5-13(11)15/h2-7,12,14,17H,8,16H2,1H3. The molecule has 0 saturated carbocycles. The number of nitrogens with two attached hydrogens (primary N) is 1. The number of benzene rings is 1. The predicted molar refractivity (Wildman–Crippen MR) is 66.6 cm³/mol. The Morgan fingerprint density at radius 3 is 2.56 bits per heavy atom. The zero-order chi connectivity index (χ0) is 13.1. The summed E-state index contributed by atoms with van der Waals surface area (Å²) in [5.41, 5.74) is 6.74. The lowest BCUT2D eigenvalue weighted by Gasteiger charge is -2.22. The molecular weight excluding hydrogens is 233 g/mol. The van der Waals surface area contributed by atoms with Gasteiger partial charge in [0.2, 0.25) is 0 Å². The van der Waals surface area contributed by atoms with Crippen molar-refractivity contribution in [3.63, 3.8) is 0 Å². The van der Waals surface area contributed by atoms with E-state index in [0.29, 0.717) is 16.9 Å². The van der Waals surface area contributed by atoms with E-state index in [-0.39, 0.29) is 12.4 Å². The highest BCUT2D eigenvalue weighted by Crippen LogP contribution is 2.33. The molecule has 2 rings (SSSR count). The lowest BCUT2D eigenvalue weighted by Crippen LogP contribution is -2.21. The molecule has 0 saturated heterocycles. The number of rotatable bonds is 4. The molecule has 0 radical (unpaired) electrons. The highest BCUT2D eigenvalue weighted by Gasteiger charge is 2.26. The van der Waals surface area contributed by atoms with Crippen LogP contribution in [0.4, 0.5) is 4.39 Å². The molecule has 3 nitrogen and oxygen atoms in total. The second kappa shape index (κ2) is 5.33. The molecule has 0 amide bonds. The molecule has 0 aliphatic carbocycles. The molecule has 1 aromatic carbocycles. The molecule has 1 aromatic heterocycles. The first-order chi connectivity index (χ1) is 8.65. The number of hydrogen-bond donors (Lipinski definition) is 2. The monoisotopic (exact) mass is 249 g/mol. The normalized spacial score (nSPS) is 14.4. The summed E-state index contributed by atoms with van der Waals surface area (Å²) >= 11 is 0. The van der Waals surface area contributed by atoms with Crippen LogP contribution in [0.25, 0.3) is 0 Å². The van der Waals surface area contributed by atoms with Gasteiger partial charge in [0.1, 0.15) is 11.6 Å². The van der Waals surface area contributed by atoms with Crippen molar-refractivity contribution in [3.8, 4) is 0 Å². The lowest BCUT2D eigenvalue weighted by atomic mass is 9.89. The fraction of sp³-hybridized carbons (Fsp3) is 0.286. The third-order valence-electron chi connectivity index (χ3n) is 3.16. The fourth-order valence-corrected chi connectivity index (χ4v) is 2.12. The zero-order valence-electron chi connectivity index (χ0n) is 10.1. The minimum atomic E-state index is -0.870. The number of aryl methyl sites for hydroxylation is 1. The molecule has 0 spiro atoms. The van der Waals surface area contributed by atoms with Gasteiger partial charge in [-0.05, 0) is 24.6 Å². The molecule has 2 atom stereocenters. The van der Waals surface area contributed by atoms with Crippen molar-refractivity contribution in [1.82, 2.24) is 0 Å². The van der Waals surface area contributed by atoms with E-state index in [0.717, 1.165) is 0 Å². The predicted octanol–water partition coefficient (Wildman–Crippen LogP) is 2.50. The molecule has 18 heavy (non-hydrogen) atoms. The largest absolute Gasteiger partial charge is 0.469 e. The third-order valence-corrected chi connectivity index (χ3v) is 3.16. The number of aliphatic hydroxyl groups is 1. The maximum absolute atomic E-state index is 13.7. The molecule has 0 bridgehead atoms. The summed E-state index contributed by atoms with van der Waals surface area (Å²) in [6.07, 6.45) is 0.633. The Labute approximate surface area is 105 Å². The Morgan fingerprint density at radius 1 is 1.28 bits per heavy atom. The van der Waals surface area contributed by atoms with Gasteiger partial charge in [0.05, 0.1) is 12.4 Å². The maximum atomic E-state index is 13.7. The van der Waals surface area contributed by atoms with E-state index in [1.807, 2.05) is 0 Å². The van der Waals surface area contributed by atoms with E-state index in [2.05, 4.69) is 0 Å². The molecule has 0 fully saturated rings. The van der Waals surface area contributed by atoms with Crippen LogP contribution in [-0.2, 0) is 0 Å². The first kappa shape index (κ1) is 12.8. The summed E-state index contributed by atoms with van der Waals surface area (Å²) in [7, 11) is 0. The fourth-order valence-electron chi connectivity index (χ4n) is 2.12. The van der Waals surface area contributed by atoms with Crippen LogP contribution in [0.5, 0.6) is 0 Å². The van der Waals surface area contributed by atoms with Gasteiger partial charge in [-0.15, -0.1) is 0 Å². The summed E-state index contributed by atoms with van der Waals surface area (Å²) in [4.78, 5) is 0. The van der Waals surface area contributed by atoms with Crippen LogP contribution < -0.4 is 5.73 Å². The molecular formula is C14H16FNO2. The average molecular weight is 249 g/mol. The second-order valence-corrected chi connectivity index (χ2v) is 4.24. The Morgan fingerprint density at radius 2 is 2.00 bits per heavy atom. The highest BCUT2D eigenvalue weighted by atomic mass is 19.1. The average Bonchev–Trinajstić information content (AvgIpc) is 2.78. The Balaban J connectivity index is 2.35. The zero-order valence-corrected chi connectivity index (χ0v) is 10.1. The maximum Gasteiger partial charge on any atom is 0.126 e. The van der Waals surface area contributed by atoms with Gasteiger partial charge in [0.15, 0.2) is 0 Å². The van der Waals surface area contributed by atoms with Crippen molar-refractivity contribution >= 4 is 0 Å². The van der Waals surface area contributed by atoms with E-state index in [1.165, 1.54) is 12.3 Å². The SMILES string of the molecule is Cc1occc1C(O)C(CN)c1ccccc1F. The number of aliphatic hydroxyl groups excluding tert-OH is 1. The van der Waals surface area contributed by atoms with Crippen molar-refractivity contribution in [2.45, 2.75) is 18.9 Å². The van der Waals surface area contributed by atoms with E-state index < -0.39 is 12.0 Å². The van der Waals surface area contributed by atoms with Crippen molar-refractivity contribution < 1.29 is 13.9 Å². The van der Waals surface area contributed by atoms with Gasteiger partial charge in [0.25, 0.3) is 0 Å². The summed E-state index contributed by atoms with van der Waals surface area (Å²) < 4.78 is 18.9.